The van der Waals surface area contributed by atoms with E-state index in [2.05, 4.69) is 10.1 Å². The summed E-state index contributed by atoms with van der Waals surface area (Å²) in [7, 11) is 1.33. The number of carbonyl (C=O) groups is 1. The van der Waals surface area contributed by atoms with Gasteiger partial charge in [0.15, 0.2) is 5.82 Å². The lowest BCUT2D eigenvalue weighted by molar-refractivity contribution is -0.144. The molecule has 1 aromatic heterocycles. The van der Waals surface area contributed by atoms with Crippen LogP contribution in [0.5, 0.6) is 0 Å². The maximum atomic E-state index is 13.0. The van der Waals surface area contributed by atoms with E-state index in [4.69, 9.17) is 20.9 Å². The van der Waals surface area contributed by atoms with Crippen LogP contribution in [0.4, 0.5) is 4.39 Å². The van der Waals surface area contributed by atoms with E-state index in [0.29, 0.717) is 35.7 Å². The van der Waals surface area contributed by atoms with Crippen LogP contribution in [0.2, 0.25) is 5.02 Å². The van der Waals surface area contributed by atoms with E-state index in [1.807, 2.05) is 0 Å². The molecule has 0 unspecified atom stereocenters. The number of benzene rings is 1. The number of hydrogen-bond donors (Lipinski definition) is 0. The minimum Gasteiger partial charge on any atom is -0.468 e. The van der Waals surface area contributed by atoms with Gasteiger partial charge in [0.1, 0.15) is 11.2 Å². The zero-order chi connectivity index (χ0) is 15.0. The third-order valence-electron chi connectivity index (χ3n) is 3.57. The second-order valence-corrected chi connectivity index (χ2v) is 5.41. The van der Waals surface area contributed by atoms with Crippen LogP contribution in [0, 0.1) is 5.82 Å². The summed E-state index contributed by atoms with van der Waals surface area (Å²) in [5.74, 6) is -0.103. The summed E-state index contributed by atoms with van der Waals surface area (Å²) < 4.78 is 22.9. The minimum absolute atomic E-state index is 0.266. The standard InChI is InChI=1S/C14H12ClFN2O3/c1-20-13(19)14(4-5-14)12-17-11(18-21-12)6-8-2-3-9(16)7-10(8)15/h2-3,7H,4-6H2,1H3. The van der Waals surface area contributed by atoms with Gasteiger partial charge >= 0.3 is 5.97 Å². The van der Waals surface area contributed by atoms with Gasteiger partial charge in [-0.25, -0.2) is 4.39 Å². The first-order chi connectivity index (χ1) is 10.0. The number of rotatable bonds is 4. The largest absolute Gasteiger partial charge is 0.468 e. The number of ether oxygens (including phenoxy) is 1. The molecule has 1 heterocycles. The number of hydrogen-bond acceptors (Lipinski definition) is 5. The molecule has 7 heteroatoms. The Morgan fingerprint density at radius 1 is 1.52 bits per heavy atom. The summed E-state index contributed by atoms with van der Waals surface area (Å²) in [5, 5.41) is 4.15. The number of aromatic nitrogens is 2. The fraction of sp³-hybridized carbons (Fsp3) is 0.357. The molecule has 1 fully saturated rings. The lowest BCUT2D eigenvalue weighted by Gasteiger charge is -2.05. The van der Waals surface area contributed by atoms with Crippen molar-refractivity contribution in [3.05, 3.63) is 46.3 Å². The van der Waals surface area contributed by atoms with Crippen LogP contribution in [0.15, 0.2) is 22.7 Å². The number of esters is 1. The third kappa shape index (κ3) is 2.51. The molecule has 1 aromatic carbocycles. The van der Waals surface area contributed by atoms with Crippen LogP contribution in [-0.4, -0.2) is 23.2 Å². The van der Waals surface area contributed by atoms with Gasteiger partial charge in [0, 0.05) is 11.4 Å². The van der Waals surface area contributed by atoms with Crippen molar-refractivity contribution in [1.82, 2.24) is 10.1 Å². The average Bonchev–Trinajstić information content (AvgIpc) is 3.15. The fourth-order valence-electron chi connectivity index (χ4n) is 2.18. The van der Waals surface area contributed by atoms with Crippen molar-refractivity contribution in [2.24, 2.45) is 0 Å². The molecule has 110 valence electrons. The molecule has 0 amide bonds. The van der Waals surface area contributed by atoms with Crippen molar-refractivity contribution in [1.29, 1.82) is 0 Å². The molecule has 1 aliphatic rings. The zero-order valence-corrected chi connectivity index (χ0v) is 12.0. The molecule has 2 aromatic rings. The normalized spacial score (nSPS) is 15.8. The molecule has 0 bridgehead atoms. The SMILES string of the molecule is COC(=O)C1(c2nc(Cc3ccc(F)cc3Cl)no2)CC1. The van der Waals surface area contributed by atoms with Crippen LogP contribution in [0.3, 0.4) is 0 Å². The highest BCUT2D eigenvalue weighted by Crippen LogP contribution is 2.48. The van der Waals surface area contributed by atoms with Crippen molar-refractivity contribution in [3.8, 4) is 0 Å². The van der Waals surface area contributed by atoms with Gasteiger partial charge in [-0.2, -0.15) is 4.98 Å². The van der Waals surface area contributed by atoms with Crippen LogP contribution in [0.1, 0.15) is 30.1 Å². The lowest BCUT2D eigenvalue weighted by atomic mass is 10.1. The first kappa shape index (κ1) is 14.0. The molecule has 0 radical (unpaired) electrons. The van der Waals surface area contributed by atoms with E-state index in [1.54, 1.807) is 6.07 Å². The third-order valence-corrected chi connectivity index (χ3v) is 3.92. The van der Waals surface area contributed by atoms with E-state index in [-0.39, 0.29) is 11.9 Å². The summed E-state index contributed by atoms with van der Waals surface area (Å²) >= 11 is 5.96. The molecule has 21 heavy (non-hydrogen) atoms. The summed E-state index contributed by atoms with van der Waals surface area (Å²) in [6.07, 6.45) is 1.58. The smallest absolute Gasteiger partial charge is 0.321 e. The van der Waals surface area contributed by atoms with Gasteiger partial charge < -0.3 is 9.26 Å². The van der Waals surface area contributed by atoms with Gasteiger partial charge in [-0.1, -0.05) is 22.8 Å². The molecule has 0 spiro atoms. The van der Waals surface area contributed by atoms with E-state index in [0.717, 1.165) is 0 Å². The molecular weight excluding hydrogens is 299 g/mol. The van der Waals surface area contributed by atoms with Gasteiger partial charge in [0.05, 0.1) is 7.11 Å². The van der Waals surface area contributed by atoms with Crippen LogP contribution >= 0.6 is 11.6 Å². The summed E-state index contributed by atoms with van der Waals surface area (Å²) in [6.45, 7) is 0. The van der Waals surface area contributed by atoms with Crippen molar-refractivity contribution in [3.63, 3.8) is 0 Å². The molecule has 0 N–H and O–H groups in total. The second-order valence-electron chi connectivity index (χ2n) is 5.00. The zero-order valence-electron chi connectivity index (χ0n) is 11.2. The summed E-state index contributed by atoms with van der Waals surface area (Å²) in [5.41, 5.74) is -0.0969. The topological polar surface area (TPSA) is 65.2 Å². The Labute approximate surface area is 125 Å². The van der Waals surface area contributed by atoms with Crippen LogP contribution < -0.4 is 0 Å². The van der Waals surface area contributed by atoms with Gasteiger partial charge in [-0.05, 0) is 30.5 Å². The average molecular weight is 311 g/mol. The number of carbonyl (C=O) groups excluding carboxylic acids is 1. The molecule has 0 saturated heterocycles. The molecule has 1 saturated carbocycles. The maximum absolute atomic E-state index is 13.0. The molecule has 3 rings (SSSR count). The van der Waals surface area contributed by atoms with E-state index in [1.165, 1.54) is 19.2 Å². The summed E-state index contributed by atoms with van der Waals surface area (Å²) in [6, 6.07) is 4.12. The number of halogens is 2. The Balaban J connectivity index is 1.81. The maximum Gasteiger partial charge on any atom is 0.321 e. The number of methoxy groups -OCH3 is 1. The van der Waals surface area contributed by atoms with Gasteiger partial charge in [-0.15, -0.1) is 0 Å². The van der Waals surface area contributed by atoms with Gasteiger partial charge in [-0.3, -0.25) is 4.79 Å². The Hall–Kier alpha value is -1.95. The van der Waals surface area contributed by atoms with Crippen molar-refractivity contribution in [2.45, 2.75) is 24.7 Å². The molecular formula is C14H12ClFN2O3. The predicted octanol–water partition coefficient (Wildman–Crippen LogP) is 2.66. The molecule has 0 aliphatic heterocycles. The second kappa shape index (κ2) is 5.11. The van der Waals surface area contributed by atoms with E-state index < -0.39 is 11.2 Å². The lowest BCUT2D eigenvalue weighted by Crippen LogP contribution is -2.22. The van der Waals surface area contributed by atoms with Crippen molar-refractivity contribution >= 4 is 17.6 Å². The quantitative estimate of drug-likeness (QED) is 0.812. The molecule has 0 atom stereocenters. The van der Waals surface area contributed by atoms with Gasteiger partial charge in [0.2, 0.25) is 5.89 Å². The number of nitrogens with zero attached hydrogens (tertiary/aromatic N) is 2. The Morgan fingerprint density at radius 3 is 2.90 bits per heavy atom. The van der Waals surface area contributed by atoms with Gasteiger partial charge in [0.25, 0.3) is 0 Å². The Bertz CT molecular complexity index is 697. The first-order valence-corrected chi connectivity index (χ1v) is 6.78. The Morgan fingerprint density at radius 2 is 2.29 bits per heavy atom. The minimum atomic E-state index is -0.785. The van der Waals surface area contributed by atoms with Crippen LogP contribution in [0.25, 0.3) is 0 Å². The highest BCUT2D eigenvalue weighted by molar-refractivity contribution is 6.31. The van der Waals surface area contributed by atoms with E-state index in [9.17, 15) is 9.18 Å². The summed E-state index contributed by atoms with van der Waals surface area (Å²) in [4.78, 5) is 16.0. The highest BCUT2D eigenvalue weighted by Gasteiger charge is 2.57. The van der Waals surface area contributed by atoms with E-state index >= 15 is 0 Å². The predicted molar refractivity (Wildman–Crippen MR) is 71.4 cm³/mol. The molecule has 5 nitrogen and oxygen atoms in total. The van der Waals surface area contributed by atoms with Crippen molar-refractivity contribution in [2.75, 3.05) is 7.11 Å². The first-order valence-electron chi connectivity index (χ1n) is 6.40. The Kier molecular flexibility index (Phi) is 3.41. The fourth-order valence-corrected chi connectivity index (χ4v) is 2.42. The van der Waals surface area contributed by atoms with Crippen molar-refractivity contribution < 1.29 is 18.4 Å². The monoisotopic (exact) mass is 310 g/mol. The molecule has 1 aliphatic carbocycles. The highest BCUT2D eigenvalue weighted by atomic mass is 35.5. The van der Waals surface area contributed by atoms with Crippen LogP contribution in [-0.2, 0) is 21.4 Å².